The zero-order chi connectivity index (χ0) is 45.0. The summed E-state index contributed by atoms with van der Waals surface area (Å²) in [7, 11) is -1.61. The van der Waals surface area contributed by atoms with Crippen LogP contribution in [0.4, 0.5) is 0 Å². The minimum Gasteiger partial charge on any atom is -0.480 e. The third-order valence-electron chi connectivity index (χ3n) is 10.8. The predicted octanol–water partition coefficient (Wildman–Crippen LogP) is 0.589. The van der Waals surface area contributed by atoms with Gasteiger partial charge in [0.1, 0.15) is 0 Å². The Morgan fingerprint density at radius 3 is 1.89 bits per heavy atom. The molecule has 1 aliphatic heterocycles. The molecule has 18 heteroatoms. The highest BCUT2D eigenvalue weighted by molar-refractivity contribution is 6.59. The first kappa shape index (κ1) is 49.2. The molecule has 4 rings (SSSR count). The zero-order valence-electron chi connectivity index (χ0n) is 35.1. The van der Waals surface area contributed by atoms with Gasteiger partial charge in [-0.15, -0.1) is 0 Å². The molecule has 17 nitrogen and oxygen atoms in total. The van der Waals surface area contributed by atoms with Gasteiger partial charge in [-0.1, -0.05) is 73.3 Å². The molecular formula is C44H59BN6O11. The van der Waals surface area contributed by atoms with Crippen LogP contribution in [0.2, 0.25) is 0 Å². The lowest BCUT2D eigenvalue weighted by molar-refractivity contribution is -0.142. The molecule has 0 bridgehead atoms. The molecule has 334 valence electrons. The van der Waals surface area contributed by atoms with Gasteiger partial charge in [-0.2, -0.15) is 0 Å². The number of nitrogens with one attached hydrogen (secondary N) is 1. The Kier molecular flexibility index (Phi) is 20.2. The molecule has 1 heterocycles. The Labute approximate surface area is 362 Å². The van der Waals surface area contributed by atoms with E-state index in [1.807, 2.05) is 54.6 Å². The Hall–Kier alpha value is -5.47. The van der Waals surface area contributed by atoms with Gasteiger partial charge in [-0.25, -0.2) is 0 Å². The second kappa shape index (κ2) is 25.5. The Bertz CT molecular complexity index is 1950. The summed E-state index contributed by atoms with van der Waals surface area (Å²) < 4.78 is 0. The van der Waals surface area contributed by atoms with E-state index in [1.165, 1.54) is 6.08 Å². The van der Waals surface area contributed by atoms with Crippen molar-refractivity contribution in [3.63, 3.8) is 0 Å². The van der Waals surface area contributed by atoms with E-state index in [9.17, 15) is 54.4 Å². The summed E-state index contributed by atoms with van der Waals surface area (Å²) >= 11 is 0. The number of hydrogen-bond acceptors (Lipinski definition) is 12. The molecule has 7 N–H and O–H groups in total. The van der Waals surface area contributed by atoms with Crippen LogP contribution in [0.1, 0.15) is 29.5 Å². The average Bonchev–Trinajstić information content (AvgIpc) is 3.21. The van der Waals surface area contributed by atoms with Gasteiger partial charge in [0, 0.05) is 71.5 Å². The van der Waals surface area contributed by atoms with Crippen LogP contribution < -0.4 is 10.8 Å². The smallest absolute Gasteiger partial charge is 0.480 e. The molecule has 3 aromatic rings. The molecule has 0 saturated carbocycles. The number of rotatable bonds is 22. The van der Waals surface area contributed by atoms with Crippen LogP contribution in [-0.2, 0) is 43.5 Å². The van der Waals surface area contributed by atoms with Crippen molar-refractivity contribution in [3.05, 3.63) is 102 Å². The summed E-state index contributed by atoms with van der Waals surface area (Å²) in [6.07, 6.45) is 3.12. The van der Waals surface area contributed by atoms with Crippen molar-refractivity contribution >= 4 is 42.4 Å². The third kappa shape index (κ3) is 17.5. The van der Waals surface area contributed by atoms with E-state index in [4.69, 9.17) is 0 Å². The lowest BCUT2D eigenvalue weighted by Gasteiger charge is -2.37. The quantitative estimate of drug-likeness (QED) is 0.0416. The number of hydrogen-bond donors (Lipinski definition) is 7. The lowest BCUT2D eigenvalue weighted by Crippen LogP contribution is -2.53. The number of carbonyl (C=O) groups is 5. The number of carboxylic acids is 4. The second-order valence-electron chi connectivity index (χ2n) is 15.6. The van der Waals surface area contributed by atoms with Crippen LogP contribution in [0.5, 0.6) is 0 Å². The van der Waals surface area contributed by atoms with Crippen LogP contribution in [0, 0.1) is 0 Å². The molecular weight excluding hydrogens is 799 g/mol. The molecule has 0 aliphatic carbocycles. The Balaban J connectivity index is 1.56. The summed E-state index contributed by atoms with van der Waals surface area (Å²) in [6, 6.07) is 22.7. The number of unbranched alkanes of at least 4 members (excludes halogenated alkanes) is 1. The fourth-order valence-corrected chi connectivity index (χ4v) is 7.70. The second-order valence-corrected chi connectivity index (χ2v) is 15.6. The topological polar surface area (TPSA) is 235 Å². The van der Waals surface area contributed by atoms with E-state index in [0.717, 1.165) is 40.7 Å². The maximum Gasteiger partial charge on any atom is 0.488 e. The van der Waals surface area contributed by atoms with E-state index in [1.54, 1.807) is 31.7 Å². The number of carboxylic acid groups (broad SMARTS) is 4. The largest absolute Gasteiger partial charge is 0.488 e. The van der Waals surface area contributed by atoms with Gasteiger partial charge < -0.3 is 35.8 Å². The van der Waals surface area contributed by atoms with Gasteiger partial charge in [0.2, 0.25) is 5.91 Å². The maximum atomic E-state index is 12.2. The van der Waals surface area contributed by atoms with Crippen LogP contribution in [0.15, 0.2) is 85.5 Å². The van der Waals surface area contributed by atoms with Gasteiger partial charge in [-0.05, 0) is 71.2 Å². The maximum absolute atomic E-state index is 12.2. The normalized spacial score (nSPS) is 16.2. The standard InChI is InChI=1S/C44H59BN6O11/c1-2-40(52)46-16-5-6-17-49(27-37-9-3-4-11-39(37)45(61)62)26-34-8-7-10-36(24-34)35-14-12-33(13-15-35)25-38-28-50(31-43(57)58)21-20-47(29-41(53)54)18-19-48(30-42(55)56)22-23-51(38)32-44(59)60/h2-4,7-15,24,38,61-62H,1,5-6,16-23,25-32H2,(H,46,52)(H,53,54)(H,55,56)(H,57,58)(H,59,60). The van der Waals surface area contributed by atoms with Crippen molar-refractivity contribution in [2.24, 2.45) is 0 Å². The Morgan fingerprint density at radius 2 is 1.27 bits per heavy atom. The molecule has 1 saturated heterocycles. The van der Waals surface area contributed by atoms with Crippen molar-refractivity contribution < 1.29 is 54.4 Å². The van der Waals surface area contributed by atoms with Crippen LogP contribution in [-0.4, -0.2) is 183 Å². The number of aliphatic carboxylic acids is 4. The summed E-state index contributed by atoms with van der Waals surface area (Å²) in [5.74, 6) is -4.50. The summed E-state index contributed by atoms with van der Waals surface area (Å²) in [4.78, 5) is 68.2. The van der Waals surface area contributed by atoms with Gasteiger partial charge in [0.25, 0.3) is 0 Å². The predicted molar refractivity (Wildman–Crippen MR) is 234 cm³/mol. The summed E-state index contributed by atoms with van der Waals surface area (Å²) in [5.41, 5.74) is 5.03. The number of amides is 1. The molecule has 0 radical (unpaired) electrons. The average molecular weight is 859 g/mol. The molecule has 0 aromatic heterocycles. The van der Waals surface area contributed by atoms with Crippen molar-refractivity contribution in [2.75, 3.05) is 85.1 Å². The highest BCUT2D eigenvalue weighted by atomic mass is 16.4. The first-order valence-corrected chi connectivity index (χ1v) is 20.7. The van der Waals surface area contributed by atoms with Crippen molar-refractivity contribution in [2.45, 2.75) is 38.4 Å². The number of benzene rings is 3. The Morgan fingerprint density at radius 1 is 0.677 bits per heavy atom. The van der Waals surface area contributed by atoms with E-state index in [0.29, 0.717) is 38.1 Å². The van der Waals surface area contributed by atoms with Gasteiger partial charge >= 0.3 is 31.0 Å². The minimum absolute atomic E-state index is 0.172. The number of carbonyl (C=O) groups excluding carboxylic acids is 1. The fraction of sp³-hybridized carbons (Fsp3) is 0.432. The van der Waals surface area contributed by atoms with E-state index in [2.05, 4.69) is 22.9 Å². The molecule has 1 unspecified atom stereocenters. The molecule has 3 aromatic carbocycles. The van der Waals surface area contributed by atoms with E-state index >= 15 is 0 Å². The van der Waals surface area contributed by atoms with Gasteiger partial charge in [0.05, 0.1) is 26.2 Å². The molecule has 1 atom stereocenters. The first-order valence-electron chi connectivity index (χ1n) is 20.7. The van der Waals surface area contributed by atoms with E-state index in [-0.39, 0.29) is 77.9 Å². The fourth-order valence-electron chi connectivity index (χ4n) is 7.70. The number of nitrogens with zero attached hydrogens (tertiary/aromatic N) is 5. The summed E-state index contributed by atoms with van der Waals surface area (Å²) in [5, 5.41) is 61.7. The van der Waals surface area contributed by atoms with Gasteiger partial charge in [0.15, 0.2) is 0 Å². The first-order chi connectivity index (χ1) is 29.7. The highest BCUT2D eigenvalue weighted by Gasteiger charge is 2.28. The SMILES string of the molecule is C=CC(=O)NCCCCN(Cc1cccc(-c2ccc(CC3CN(CC(=O)O)CCN(CC(=O)O)CCN(CC(=O)O)CCN3CC(=O)O)cc2)c1)Cc1ccccc1B(O)O. The minimum atomic E-state index is -1.61. The molecule has 1 aliphatic rings. The van der Waals surface area contributed by atoms with Crippen molar-refractivity contribution in [1.82, 2.24) is 29.8 Å². The van der Waals surface area contributed by atoms with Crippen LogP contribution in [0.3, 0.4) is 0 Å². The van der Waals surface area contributed by atoms with Crippen LogP contribution >= 0.6 is 0 Å². The van der Waals surface area contributed by atoms with Crippen LogP contribution in [0.25, 0.3) is 11.1 Å². The highest BCUT2D eigenvalue weighted by Crippen LogP contribution is 2.24. The summed E-state index contributed by atoms with van der Waals surface area (Å²) in [6.45, 7) is 5.85. The molecule has 1 fully saturated rings. The van der Waals surface area contributed by atoms with Gasteiger partial charge in [-0.3, -0.25) is 48.5 Å². The monoisotopic (exact) mass is 858 g/mol. The molecule has 62 heavy (non-hydrogen) atoms. The zero-order valence-corrected chi connectivity index (χ0v) is 35.1. The van der Waals surface area contributed by atoms with E-state index < -0.39 is 37.0 Å². The molecule has 1 amide bonds. The molecule has 0 spiro atoms. The third-order valence-corrected chi connectivity index (χ3v) is 10.8. The lowest BCUT2D eigenvalue weighted by atomic mass is 9.77. The van der Waals surface area contributed by atoms with Crippen molar-refractivity contribution in [3.8, 4) is 11.1 Å². The van der Waals surface area contributed by atoms with Crippen molar-refractivity contribution in [1.29, 1.82) is 0 Å².